The van der Waals surface area contributed by atoms with Crippen LogP contribution in [0.3, 0.4) is 0 Å². The number of hydrogen-bond acceptors (Lipinski definition) is 3. The van der Waals surface area contributed by atoms with E-state index in [0.717, 1.165) is 24.7 Å². The molecule has 0 unspecified atom stereocenters. The van der Waals surface area contributed by atoms with Gasteiger partial charge < -0.3 is 9.80 Å². The molecule has 3 nitrogen and oxygen atoms in total. The van der Waals surface area contributed by atoms with E-state index in [4.69, 9.17) is 4.98 Å². The molecule has 0 N–H and O–H groups in total. The van der Waals surface area contributed by atoms with Crippen LogP contribution in [0.25, 0.3) is 0 Å². The summed E-state index contributed by atoms with van der Waals surface area (Å²) < 4.78 is 0. The maximum atomic E-state index is 4.87. The fraction of sp³-hybridized carbons (Fsp3) is 0.526. The lowest BCUT2D eigenvalue weighted by Gasteiger charge is -2.22. The number of hydrogen-bond donors (Lipinski definition) is 0. The van der Waals surface area contributed by atoms with Gasteiger partial charge in [0.05, 0.1) is 0 Å². The van der Waals surface area contributed by atoms with Crippen molar-refractivity contribution in [3.8, 4) is 0 Å². The molecule has 1 aromatic heterocycles. The predicted octanol–water partition coefficient (Wildman–Crippen LogP) is 4.29. The van der Waals surface area contributed by atoms with E-state index in [9.17, 15) is 0 Å². The minimum absolute atomic E-state index is 0.627. The summed E-state index contributed by atoms with van der Waals surface area (Å²) in [6.07, 6.45) is 8.99. The van der Waals surface area contributed by atoms with Crippen molar-refractivity contribution in [1.29, 1.82) is 0 Å². The molecule has 2 atom stereocenters. The topological polar surface area (TPSA) is 19.4 Å². The van der Waals surface area contributed by atoms with Crippen LogP contribution in [0.15, 0.2) is 42.8 Å². The minimum Gasteiger partial charge on any atom is -0.333 e. The average Bonchev–Trinajstić information content (AvgIpc) is 3.17. The van der Waals surface area contributed by atoms with Crippen LogP contribution in [0.2, 0.25) is 0 Å². The van der Waals surface area contributed by atoms with Gasteiger partial charge in [0.15, 0.2) is 0 Å². The highest BCUT2D eigenvalue weighted by molar-refractivity contribution is 5.53. The van der Waals surface area contributed by atoms with Crippen molar-refractivity contribution in [2.45, 2.75) is 27.7 Å². The molecular weight excluding hydrogens is 270 g/mol. The van der Waals surface area contributed by atoms with E-state index in [2.05, 4.69) is 80.2 Å². The highest BCUT2D eigenvalue weighted by atomic mass is 15.2. The summed E-state index contributed by atoms with van der Waals surface area (Å²) in [5.41, 5.74) is 0. The molecule has 3 rings (SSSR count). The highest BCUT2D eigenvalue weighted by Gasteiger charge is 2.23. The van der Waals surface area contributed by atoms with Gasteiger partial charge in [-0.05, 0) is 35.8 Å². The molecule has 3 heterocycles. The zero-order chi connectivity index (χ0) is 15.7. The molecule has 0 radical (unpaired) electrons. The molecule has 1 aromatic rings. The van der Waals surface area contributed by atoms with Gasteiger partial charge in [-0.1, -0.05) is 45.9 Å². The van der Waals surface area contributed by atoms with Gasteiger partial charge in [-0.15, -0.1) is 0 Å². The third kappa shape index (κ3) is 3.03. The number of pyridine rings is 1. The molecule has 0 spiro atoms. The van der Waals surface area contributed by atoms with Gasteiger partial charge in [0.1, 0.15) is 11.6 Å². The van der Waals surface area contributed by atoms with E-state index >= 15 is 0 Å². The Hall–Kier alpha value is -1.77. The molecule has 118 valence electrons. The first kappa shape index (κ1) is 15.1. The lowest BCUT2D eigenvalue weighted by atomic mass is 9.97. The molecule has 0 aromatic carbocycles. The zero-order valence-electron chi connectivity index (χ0n) is 14.1. The van der Waals surface area contributed by atoms with Crippen LogP contribution in [0.4, 0.5) is 11.6 Å². The van der Waals surface area contributed by atoms with Crippen molar-refractivity contribution in [3.05, 3.63) is 42.8 Å². The Bertz CT molecular complexity index is 527. The number of anilines is 2. The van der Waals surface area contributed by atoms with Crippen molar-refractivity contribution < 1.29 is 0 Å². The first-order chi connectivity index (χ1) is 10.5. The normalized spacial score (nSPS) is 24.3. The molecule has 2 aliphatic heterocycles. The van der Waals surface area contributed by atoms with E-state index in [1.807, 2.05) is 0 Å². The molecule has 0 amide bonds. The zero-order valence-corrected chi connectivity index (χ0v) is 14.1. The van der Waals surface area contributed by atoms with Crippen LogP contribution >= 0.6 is 0 Å². The van der Waals surface area contributed by atoms with Crippen LogP contribution in [0, 0.1) is 23.7 Å². The van der Waals surface area contributed by atoms with Crippen molar-refractivity contribution in [1.82, 2.24) is 4.98 Å². The molecule has 22 heavy (non-hydrogen) atoms. The number of nitrogens with zero attached hydrogens (tertiary/aromatic N) is 3. The summed E-state index contributed by atoms with van der Waals surface area (Å²) in [4.78, 5) is 9.42. The summed E-state index contributed by atoms with van der Waals surface area (Å²) in [6.45, 7) is 11.2. The van der Waals surface area contributed by atoms with Crippen LogP contribution in [-0.2, 0) is 0 Å². The Morgan fingerprint density at radius 1 is 0.864 bits per heavy atom. The second-order valence-corrected chi connectivity index (χ2v) is 7.16. The fourth-order valence-electron chi connectivity index (χ4n) is 3.06. The molecule has 2 aliphatic rings. The van der Waals surface area contributed by atoms with Crippen LogP contribution in [0.5, 0.6) is 0 Å². The summed E-state index contributed by atoms with van der Waals surface area (Å²) >= 11 is 0. The van der Waals surface area contributed by atoms with Gasteiger partial charge in [-0.25, -0.2) is 4.98 Å². The minimum atomic E-state index is 0.627. The largest absolute Gasteiger partial charge is 0.333 e. The maximum Gasteiger partial charge on any atom is 0.134 e. The first-order valence-corrected chi connectivity index (χ1v) is 8.41. The first-order valence-electron chi connectivity index (χ1n) is 8.41. The Kier molecular flexibility index (Phi) is 4.23. The van der Waals surface area contributed by atoms with Crippen molar-refractivity contribution in [2.75, 3.05) is 22.9 Å². The van der Waals surface area contributed by atoms with E-state index < -0.39 is 0 Å². The Morgan fingerprint density at radius 2 is 1.32 bits per heavy atom. The average molecular weight is 297 g/mol. The molecule has 0 saturated carbocycles. The van der Waals surface area contributed by atoms with Crippen molar-refractivity contribution >= 4 is 11.6 Å². The van der Waals surface area contributed by atoms with Crippen molar-refractivity contribution in [2.24, 2.45) is 23.7 Å². The maximum absolute atomic E-state index is 4.87. The SMILES string of the molecule is CC(C)[C@@H]1C=CN(c2cccc(N3C=C[C@@H](C(C)C)C3)n2)C1. The van der Waals surface area contributed by atoms with Gasteiger partial charge in [0.2, 0.25) is 0 Å². The third-order valence-electron chi connectivity index (χ3n) is 4.86. The quantitative estimate of drug-likeness (QED) is 0.826. The number of rotatable bonds is 4. The van der Waals surface area contributed by atoms with Gasteiger partial charge >= 0.3 is 0 Å². The van der Waals surface area contributed by atoms with E-state index in [1.54, 1.807) is 0 Å². The van der Waals surface area contributed by atoms with Crippen LogP contribution in [-0.4, -0.2) is 18.1 Å². The smallest absolute Gasteiger partial charge is 0.134 e. The Labute approximate surface area is 134 Å². The Balaban J connectivity index is 1.72. The van der Waals surface area contributed by atoms with E-state index in [0.29, 0.717) is 23.7 Å². The lowest BCUT2D eigenvalue weighted by molar-refractivity contribution is 0.486. The van der Waals surface area contributed by atoms with Gasteiger partial charge in [-0.2, -0.15) is 0 Å². The lowest BCUT2D eigenvalue weighted by Crippen LogP contribution is -2.23. The van der Waals surface area contributed by atoms with Crippen LogP contribution < -0.4 is 9.80 Å². The highest BCUT2D eigenvalue weighted by Crippen LogP contribution is 2.28. The molecular formula is C19H27N3. The summed E-state index contributed by atoms with van der Waals surface area (Å²) in [7, 11) is 0. The summed E-state index contributed by atoms with van der Waals surface area (Å²) in [6, 6.07) is 6.33. The second-order valence-electron chi connectivity index (χ2n) is 7.16. The van der Waals surface area contributed by atoms with Gasteiger partial charge in [0, 0.05) is 25.5 Å². The van der Waals surface area contributed by atoms with E-state index in [1.165, 1.54) is 0 Å². The molecule has 0 saturated heterocycles. The molecule has 0 aliphatic carbocycles. The number of aromatic nitrogens is 1. The van der Waals surface area contributed by atoms with Gasteiger partial charge in [-0.3, -0.25) is 0 Å². The molecule has 0 bridgehead atoms. The monoisotopic (exact) mass is 297 g/mol. The summed E-state index contributed by atoms with van der Waals surface area (Å²) in [5.74, 6) is 4.72. The van der Waals surface area contributed by atoms with Crippen molar-refractivity contribution in [3.63, 3.8) is 0 Å². The summed E-state index contributed by atoms with van der Waals surface area (Å²) in [5, 5.41) is 0. The molecule has 3 heteroatoms. The Morgan fingerprint density at radius 3 is 1.68 bits per heavy atom. The van der Waals surface area contributed by atoms with E-state index in [-0.39, 0.29) is 0 Å². The standard InChI is InChI=1S/C19H27N3/c1-14(2)16-8-10-21(12-16)18-6-5-7-19(20-18)22-11-9-17(13-22)15(3)4/h5-11,14-17H,12-13H2,1-4H3/t16-,17-/m1/s1. The van der Waals surface area contributed by atoms with Crippen LogP contribution in [0.1, 0.15) is 27.7 Å². The molecule has 0 fully saturated rings. The predicted molar refractivity (Wildman–Crippen MR) is 93.9 cm³/mol. The second kappa shape index (κ2) is 6.15. The fourth-order valence-corrected chi connectivity index (χ4v) is 3.06. The third-order valence-corrected chi connectivity index (χ3v) is 4.86. The van der Waals surface area contributed by atoms with Gasteiger partial charge in [0.25, 0.3) is 0 Å².